The second kappa shape index (κ2) is 9.64. The van der Waals surface area contributed by atoms with Gasteiger partial charge in [-0.1, -0.05) is 41.9 Å². The Bertz CT molecular complexity index is 1610. The van der Waals surface area contributed by atoms with Gasteiger partial charge in [0.25, 0.3) is 0 Å². The van der Waals surface area contributed by atoms with Gasteiger partial charge in [-0.15, -0.1) is 0 Å². The average Bonchev–Trinajstić information content (AvgIpc) is 2.88. The Labute approximate surface area is 214 Å². The molecule has 6 nitrogen and oxygen atoms in total. The number of benzene rings is 3. The van der Waals surface area contributed by atoms with Crippen molar-refractivity contribution >= 4 is 11.6 Å². The van der Waals surface area contributed by atoms with Crippen molar-refractivity contribution in [2.75, 3.05) is 0 Å². The first kappa shape index (κ1) is 24.4. The van der Waals surface area contributed by atoms with Crippen molar-refractivity contribution in [1.29, 1.82) is 5.26 Å². The number of alkyl halides is 3. The second-order valence-electron chi connectivity index (χ2n) is 8.29. The van der Waals surface area contributed by atoms with Crippen LogP contribution in [-0.4, -0.2) is 9.55 Å². The average molecular weight is 524 g/mol. The molecule has 4 aromatic rings. The van der Waals surface area contributed by atoms with Gasteiger partial charge in [0.1, 0.15) is 24.2 Å². The molecular weight excluding hydrogens is 507 g/mol. The van der Waals surface area contributed by atoms with Crippen molar-refractivity contribution in [3.8, 4) is 34.7 Å². The number of ether oxygens (including phenoxy) is 2. The van der Waals surface area contributed by atoms with E-state index in [1.807, 2.05) is 30.3 Å². The van der Waals surface area contributed by atoms with Gasteiger partial charge in [-0.2, -0.15) is 23.4 Å². The number of fused-ring (bicyclic) bond motifs is 3. The molecule has 0 radical (unpaired) electrons. The summed E-state index contributed by atoms with van der Waals surface area (Å²) in [4.78, 5) is 16.6. The van der Waals surface area contributed by atoms with Crippen LogP contribution in [0.5, 0.6) is 17.4 Å². The van der Waals surface area contributed by atoms with Crippen LogP contribution in [-0.2, 0) is 25.7 Å². The van der Waals surface area contributed by atoms with Gasteiger partial charge in [0.15, 0.2) is 0 Å². The van der Waals surface area contributed by atoms with E-state index in [-0.39, 0.29) is 29.5 Å². The number of aromatic nitrogens is 2. The molecule has 5 rings (SSSR count). The summed E-state index contributed by atoms with van der Waals surface area (Å²) in [6.45, 7) is 0.537. The van der Waals surface area contributed by atoms with Crippen LogP contribution in [0.4, 0.5) is 13.2 Å². The van der Waals surface area contributed by atoms with Gasteiger partial charge in [0, 0.05) is 18.2 Å². The van der Waals surface area contributed by atoms with E-state index in [0.29, 0.717) is 12.1 Å². The van der Waals surface area contributed by atoms with Crippen LogP contribution >= 0.6 is 11.6 Å². The van der Waals surface area contributed by atoms with E-state index in [4.69, 9.17) is 21.1 Å². The molecule has 1 aliphatic rings. The monoisotopic (exact) mass is 523 g/mol. The number of nitriles is 1. The third-order valence-electron chi connectivity index (χ3n) is 5.91. The molecule has 0 saturated carbocycles. The Morgan fingerprint density at radius 2 is 1.89 bits per heavy atom. The van der Waals surface area contributed by atoms with Crippen LogP contribution in [0.15, 0.2) is 71.5 Å². The van der Waals surface area contributed by atoms with Crippen molar-refractivity contribution in [2.45, 2.75) is 25.7 Å². The van der Waals surface area contributed by atoms with Crippen LogP contribution < -0.4 is 15.2 Å². The zero-order chi connectivity index (χ0) is 26.2. The highest BCUT2D eigenvalue weighted by atomic mass is 35.5. The summed E-state index contributed by atoms with van der Waals surface area (Å²) < 4.78 is 52.4. The quantitative estimate of drug-likeness (QED) is 0.303. The van der Waals surface area contributed by atoms with E-state index in [2.05, 4.69) is 4.98 Å². The number of nitrogens with zero attached hydrogens (tertiary/aromatic N) is 3. The molecule has 10 heteroatoms. The molecule has 0 bridgehead atoms. The zero-order valence-electron chi connectivity index (χ0n) is 19.1. The first-order chi connectivity index (χ1) is 17.7. The number of hydrogen-bond acceptors (Lipinski definition) is 5. The maximum atomic E-state index is 13.1. The molecule has 0 spiro atoms. The third-order valence-corrected chi connectivity index (χ3v) is 6.24. The second-order valence-corrected chi connectivity index (χ2v) is 8.70. The third kappa shape index (κ3) is 5.01. The highest BCUT2D eigenvalue weighted by Crippen LogP contribution is 2.38. The lowest BCUT2D eigenvalue weighted by Gasteiger charge is -2.21. The minimum atomic E-state index is -4.65. The first-order valence-corrected chi connectivity index (χ1v) is 11.5. The predicted octanol–water partition coefficient (Wildman–Crippen LogP) is 6.38. The van der Waals surface area contributed by atoms with Crippen molar-refractivity contribution < 1.29 is 22.6 Å². The van der Waals surface area contributed by atoms with Gasteiger partial charge in [0.05, 0.1) is 21.8 Å². The minimum Gasteiger partial charge on any atom is -0.473 e. The standard InChI is InChI=1S/C27H17ClF3N3O3/c28-22-7-6-19(12-21(22)27(29,30)31)37-24-8-5-16(11-18(24)14-32)15-36-25-13-23-20-4-2-1-3-17(20)9-10-34(23)26(35)33-25/h1-8,11-13H,9-10,15H2. The molecule has 0 aliphatic carbocycles. The Balaban J connectivity index is 1.35. The Kier molecular flexibility index (Phi) is 6.36. The predicted molar refractivity (Wildman–Crippen MR) is 130 cm³/mol. The molecule has 0 amide bonds. The van der Waals surface area contributed by atoms with Crippen LogP contribution in [0.2, 0.25) is 5.02 Å². The van der Waals surface area contributed by atoms with E-state index in [1.54, 1.807) is 16.7 Å². The molecular formula is C27H17ClF3N3O3. The van der Waals surface area contributed by atoms with Gasteiger partial charge < -0.3 is 9.47 Å². The number of hydrogen-bond donors (Lipinski definition) is 0. The summed E-state index contributed by atoms with van der Waals surface area (Å²) in [7, 11) is 0. The van der Waals surface area contributed by atoms with Crippen LogP contribution in [0.1, 0.15) is 22.3 Å². The summed E-state index contributed by atoms with van der Waals surface area (Å²) in [5.74, 6) is 0.104. The maximum absolute atomic E-state index is 13.1. The highest BCUT2D eigenvalue weighted by molar-refractivity contribution is 6.31. The van der Waals surface area contributed by atoms with Crippen LogP contribution in [0, 0.1) is 11.3 Å². The van der Waals surface area contributed by atoms with E-state index < -0.39 is 22.5 Å². The smallest absolute Gasteiger partial charge is 0.417 e. The Hall–Kier alpha value is -4.29. The van der Waals surface area contributed by atoms with Gasteiger partial charge in [0.2, 0.25) is 5.88 Å². The van der Waals surface area contributed by atoms with E-state index in [1.165, 1.54) is 18.2 Å². The molecule has 2 heterocycles. The summed E-state index contributed by atoms with van der Waals surface area (Å²) in [5.41, 5.74) is 2.03. The summed E-state index contributed by atoms with van der Waals surface area (Å²) in [6, 6.07) is 19.2. The molecule has 0 fully saturated rings. The molecule has 1 aromatic heterocycles. The van der Waals surface area contributed by atoms with Crippen molar-refractivity contribution in [1.82, 2.24) is 9.55 Å². The van der Waals surface area contributed by atoms with Gasteiger partial charge in [-0.25, -0.2) is 4.79 Å². The topological polar surface area (TPSA) is 77.1 Å². The lowest BCUT2D eigenvalue weighted by Crippen LogP contribution is -2.28. The largest absolute Gasteiger partial charge is 0.473 e. The fourth-order valence-corrected chi connectivity index (χ4v) is 4.36. The molecule has 1 aliphatic heterocycles. The number of halogens is 4. The first-order valence-electron chi connectivity index (χ1n) is 11.1. The van der Waals surface area contributed by atoms with Gasteiger partial charge in [-0.05, 0) is 47.9 Å². The SMILES string of the molecule is N#Cc1cc(COc2cc3n(c(=O)n2)CCc2ccccc2-3)ccc1Oc1ccc(Cl)c(C(F)(F)F)c1. The fraction of sp³-hybridized carbons (Fsp3) is 0.148. The van der Waals surface area contributed by atoms with Crippen molar-refractivity contribution in [3.05, 3.63) is 104 Å². The minimum absolute atomic E-state index is 0.00562. The summed E-state index contributed by atoms with van der Waals surface area (Å²) >= 11 is 5.65. The molecule has 37 heavy (non-hydrogen) atoms. The molecule has 0 unspecified atom stereocenters. The van der Waals surface area contributed by atoms with Crippen LogP contribution in [0.3, 0.4) is 0 Å². The van der Waals surface area contributed by atoms with E-state index >= 15 is 0 Å². The van der Waals surface area contributed by atoms with Crippen molar-refractivity contribution in [3.63, 3.8) is 0 Å². The van der Waals surface area contributed by atoms with Crippen molar-refractivity contribution in [2.24, 2.45) is 0 Å². The van der Waals surface area contributed by atoms with E-state index in [9.17, 15) is 23.2 Å². The van der Waals surface area contributed by atoms with Crippen LogP contribution in [0.25, 0.3) is 11.3 Å². The molecule has 0 atom stereocenters. The lowest BCUT2D eigenvalue weighted by molar-refractivity contribution is -0.137. The summed E-state index contributed by atoms with van der Waals surface area (Å²) in [6.07, 6.45) is -3.91. The normalized spacial score (nSPS) is 12.3. The zero-order valence-corrected chi connectivity index (χ0v) is 19.8. The van der Waals surface area contributed by atoms with Gasteiger partial charge in [-0.3, -0.25) is 4.57 Å². The van der Waals surface area contributed by atoms with E-state index in [0.717, 1.165) is 35.4 Å². The fourth-order valence-electron chi connectivity index (χ4n) is 4.13. The number of aryl methyl sites for hydroxylation is 1. The molecule has 3 aromatic carbocycles. The Morgan fingerprint density at radius 3 is 2.68 bits per heavy atom. The number of rotatable bonds is 5. The summed E-state index contributed by atoms with van der Waals surface area (Å²) in [5, 5.41) is 9.12. The maximum Gasteiger partial charge on any atom is 0.417 e. The lowest BCUT2D eigenvalue weighted by atomic mass is 9.98. The molecule has 0 saturated heterocycles. The Morgan fingerprint density at radius 1 is 1.08 bits per heavy atom. The molecule has 186 valence electrons. The van der Waals surface area contributed by atoms with Gasteiger partial charge >= 0.3 is 11.9 Å². The molecule has 0 N–H and O–H groups in total. The highest BCUT2D eigenvalue weighted by Gasteiger charge is 2.33.